The summed E-state index contributed by atoms with van der Waals surface area (Å²) in [5.74, 6) is -0.352. The minimum Gasteiger partial charge on any atom is -0.462 e. The fourth-order valence-electron chi connectivity index (χ4n) is 2.10. The van der Waals surface area contributed by atoms with E-state index >= 15 is 0 Å². The highest BCUT2D eigenvalue weighted by Gasteiger charge is 2.12. The third kappa shape index (κ3) is 3.75. The van der Waals surface area contributed by atoms with Crippen LogP contribution >= 0.6 is 15.9 Å². The van der Waals surface area contributed by atoms with Crippen LogP contribution in [0.5, 0.6) is 0 Å². The highest BCUT2D eigenvalue weighted by atomic mass is 79.9. The third-order valence-corrected chi connectivity index (χ3v) is 3.94. The fraction of sp³-hybridized carbons (Fsp3) is 0.375. The number of ether oxygens (including phenoxy) is 2. The minimum atomic E-state index is -0.352. The van der Waals surface area contributed by atoms with Crippen LogP contribution in [0.25, 0.3) is 10.9 Å². The Labute approximate surface area is 138 Å². The Hall–Kier alpha value is -1.66. The van der Waals surface area contributed by atoms with Crippen molar-refractivity contribution in [3.8, 4) is 0 Å². The van der Waals surface area contributed by atoms with Gasteiger partial charge in [-0.15, -0.1) is 0 Å². The number of anilines is 1. The summed E-state index contributed by atoms with van der Waals surface area (Å²) in [5.41, 5.74) is 2.32. The van der Waals surface area contributed by atoms with Crippen molar-refractivity contribution in [2.45, 2.75) is 6.92 Å². The van der Waals surface area contributed by atoms with Crippen LogP contribution in [0.1, 0.15) is 17.3 Å². The number of methoxy groups -OCH3 is 1. The van der Waals surface area contributed by atoms with Crippen molar-refractivity contribution in [2.24, 2.45) is 0 Å². The van der Waals surface area contributed by atoms with Crippen LogP contribution in [-0.4, -0.2) is 44.9 Å². The lowest BCUT2D eigenvalue weighted by Crippen LogP contribution is -2.22. The highest BCUT2D eigenvalue weighted by molar-refractivity contribution is 9.10. The molecule has 0 bridgehead atoms. The number of likely N-dealkylation sites (N-methyl/N-ethyl adjacent to an activating group) is 1. The van der Waals surface area contributed by atoms with Gasteiger partial charge < -0.3 is 14.4 Å². The number of halogens is 1. The SMILES string of the molecule is CCOC(=O)c1cnc2cc(N(C)CCOC)c(Br)cc2c1. The van der Waals surface area contributed by atoms with E-state index in [4.69, 9.17) is 9.47 Å². The van der Waals surface area contributed by atoms with Gasteiger partial charge in [-0.05, 0) is 41.1 Å². The van der Waals surface area contributed by atoms with Gasteiger partial charge in [0.2, 0.25) is 0 Å². The molecule has 1 aromatic heterocycles. The zero-order valence-electron chi connectivity index (χ0n) is 12.9. The molecule has 0 atom stereocenters. The van der Waals surface area contributed by atoms with E-state index in [9.17, 15) is 4.79 Å². The van der Waals surface area contributed by atoms with Crippen molar-refractivity contribution in [2.75, 3.05) is 38.8 Å². The van der Waals surface area contributed by atoms with Crippen LogP contribution in [0.4, 0.5) is 5.69 Å². The lowest BCUT2D eigenvalue weighted by atomic mass is 10.1. The molecule has 5 nitrogen and oxygen atoms in total. The molecule has 0 amide bonds. The van der Waals surface area contributed by atoms with Crippen molar-refractivity contribution in [3.63, 3.8) is 0 Å². The molecular formula is C16H19BrN2O3. The molecule has 0 N–H and O–H groups in total. The molecule has 22 heavy (non-hydrogen) atoms. The molecular weight excluding hydrogens is 348 g/mol. The zero-order chi connectivity index (χ0) is 16.1. The fourth-order valence-corrected chi connectivity index (χ4v) is 2.77. The summed E-state index contributed by atoms with van der Waals surface area (Å²) in [7, 11) is 3.68. The quantitative estimate of drug-likeness (QED) is 0.734. The number of carbonyl (C=O) groups excluding carboxylic acids is 1. The molecule has 1 heterocycles. The van der Waals surface area contributed by atoms with Gasteiger partial charge in [-0.1, -0.05) is 0 Å². The number of nitrogens with zero attached hydrogens (tertiary/aromatic N) is 2. The van der Waals surface area contributed by atoms with Crippen LogP contribution in [0, 0.1) is 0 Å². The van der Waals surface area contributed by atoms with Gasteiger partial charge in [-0.25, -0.2) is 4.79 Å². The smallest absolute Gasteiger partial charge is 0.339 e. The molecule has 2 aromatic rings. The molecule has 0 radical (unpaired) electrons. The molecule has 0 saturated carbocycles. The summed E-state index contributed by atoms with van der Waals surface area (Å²) in [4.78, 5) is 18.2. The van der Waals surface area contributed by atoms with Gasteiger partial charge in [0.25, 0.3) is 0 Å². The lowest BCUT2D eigenvalue weighted by molar-refractivity contribution is 0.0526. The number of benzene rings is 1. The van der Waals surface area contributed by atoms with Crippen molar-refractivity contribution < 1.29 is 14.3 Å². The second-order valence-corrected chi connectivity index (χ2v) is 5.71. The monoisotopic (exact) mass is 366 g/mol. The van der Waals surface area contributed by atoms with E-state index < -0.39 is 0 Å². The maximum Gasteiger partial charge on any atom is 0.339 e. The van der Waals surface area contributed by atoms with Gasteiger partial charge in [-0.3, -0.25) is 4.98 Å². The number of carbonyl (C=O) groups is 1. The van der Waals surface area contributed by atoms with Crippen molar-refractivity contribution in [1.82, 2.24) is 4.98 Å². The first kappa shape index (κ1) is 16.7. The maximum absolute atomic E-state index is 11.8. The summed E-state index contributed by atoms with van der Waals surface area (Å²) in [6.45, 7) is 3.56. The Kier molecular flexibility index (Phi) is 5.74. The third-order valence-electron chi connectivity index (χ3n) is 3.30. The van der Waals surface area contributed by atoms with Crippen molar-refractivity contribution in [3.05, 3.63) is 34.4 Å². The molecule has 118 valence electrons. The van der Waals surface area contributed by atoms with E-state index in [-0.39, 0.29) is 5.97 Å². The number of pyridine rings is 1. The second-order valence-electron chi connectivity index (χ2n) is 4.86. The molecule has 0 aliphatic heterocycles. The summed E-state index contributed by atoms with van der Waals surface area (Å²) in [6, 6.07) is 5.75. The molecule has 0 unspecified atom stereocenters. The summed E-state index contributed by atoms with van der Waals surface area (Å²) in [5, 5.41) is 0.890. The van der Waals surface area contributed by atoms with E-state index in [2.05, 4.69) is 25.8 Å². The van der Waals surface area contributed by atoms with E-state index in [0.717, 1.165) is 27.6 Å². The van der Waals surface area contributed by atoms with Gasteiger partial charge in [0.1, 0.15) is 0 Å². The number of esters is 1. The zero-order valence-corrected chi connectivity index (χ0v) is 14.5. The predicted octanol–water partition coefficient (Wildman–Crippen LogP) is 3.26. The van der Waals surface area contributed by atoms with Crippen LogP contribution in [0.3, 0.4) is 0 Å². The van der Waals surface area contributed by atoms with Crippen LogP contribution < -0.4 is 4.90 Å². The number of aromatic nitrogens is 1. The first-order valence-corrected chi connectivity index (χ1v) is 7.82. The summed E-state index contributed by atoms with van der Waals surface area (Å²) < 4.78 is 11.0. The number of hydrogen-bond donors (Lipinski definition) is 0. The Bertz CT molecular complexity index is 676. The molecule has 0 aliphatic rings. The van der Waals surface area contributed by atoms with Crippen LogP contribution in [0.15, 0.2) is 28.9 Å². The lowest BCUT2D eigenvalue weighted by Gasteiger charge is -2.20. The van der Waals surface area contributed by atoms with Crippen molar-refractivity contribution in [1.29, 1.82) is 0 Å². The molecule has 2 rings (SSSR count). The molecule has 0 saturated heterocycles. The normalized spacial score (nSPS) is 10.7. The van der Waals surface area contributed by atoms with Gasteiger partial charge in [0.05, 0.1) is 30.0 Å². The van der Waals surface area contributed by atoms with Crippen molar-refractivity contribution >= 4 is 38.5 Å². The second kappa shape index (κ2) is 7.56. The Morgan fingerprint density at radius 3 is 2.82 bits per heavy atom. The molecule has 0 aliphatic carbocycles. The van der Waals surface area contributed by atoms with E-state index in [1.165, 1.54) is 0 Å². The number of hydrogen-bond acceptors (Lipinski definition) is 5. The number of fused-ring (bicyclic) bond motifs is 1. The Morgan fingerprint density at radius 1 is 1.36 bits per heavy atom. The maximum atomic E-state index is 11.8. The molecule has 6 heteroatoms. The average Bonchev–Trinajstić information content (AvgIpc) is 2.51. The van der Waals surface area contributed by atoms with Gasteiger partial charge in [0.15, 0.2) is 0 Å². The first-order valence-electron chi connectivity index (χ1n) is 7.03. The average molecular weight is 367 g/mol. The van der Waals surface area contributed by atoms with E-state index in [1.54, 1.807) is 26.3 Å². The molecule has 0 fully saturated rings. The minimum absolute atomic E-state index is 0.351. The standard InChI is InChI=1S/C16H19BrN2O3/c1-4-22-16(20)12-7-11-8-13(17)15(9-14(11)18-10-12)19(2)5-6-21-3/h7-10H,4-6H2,1-3H3. The largest absolute Gasteiger partial charge is 0.462 e. The van der Waals surface area contributed by atoms with E-state index in [0.29, 0.717) is 18.8 Å². The Morgan fingerprint density at radius 2 is 2.14 bits per heavy atom. The molecule has 1 aromatic carbocycles. The van der Waals surface area contributed by atoms with Crippen LogP contribution in [-0.2, 0) is 9.47 Å². The summed E-state index contributed by atoms with van der Waals surface area (Å²) in [6.07, 6.45) is 1.55. The number of rotatable bonds is 6. The summed E-state index contributed by atoms with van der Waals surface area (Å²) >= 11 is 3.58. The highest BCUT2D eigenvalue weighted by Crippen LogP contribution is 2.30. The van der Waals surface area contributed by atoms with Gasteiger partial charge in [0, 0.05) is 36.8 Å². The first-order chi connectivity index (χ1) is 10.6. The van der Waals surface area contributed by atoms with E-state index in [1.807, 2.05) is 19.2 Å². The predicted molar refractivity (Wildman–Crippen MR) is 90.5 cm³/mol. The molecule has 0 spiro atoms. The van der Waals surface area contributed by atoms with Gasteiger partial charge in [-0.2, -0.15) is 0 Å². The topological polar surface area (TPSA) is 51.7 Å². The van der Waals surface area contributed by atoms with Gasteiger partial charge >= 0.3 is 5.97 Å². The Balaban J connectivity index is 2.35. The van der Waals surface area contributed by atoms with Crippen LogP contribution in [0.2, 0.25) is 0 Å².